The Kier molecular flexibility index (Phi) is 7.95. The van der Waals surface area contributed by atoms with Crippen LogP contribution in [0.15, 0.2) is 47.0 Å². The third-order valence-electron chi connectivity index (χ3n) is 8.97. The maximum Gasteiger partial charge on any atom is 0.229 e. The summed E-state index contributed by atoms with van der Waals surface area (Å²) in [4.78, 5) is 20.7. The minimum Gasteiger partial charge on any atom is -0.369 e. The molecule has 0 radical (unpaired) electrons. The van der Waals surface area contributed by atoms with Crippen LogP contribution in [-0.4, -0.2) is 98.4 Å². The highest BCUT2D eigenvalue weighted by Gasteiger charge is 2.34. The van der Waals surface area contributed by atoms with Gasteiger partial charge in [-0.25, -0.2) is 23.0 Å². The monoisotopic (exact) mass is 635 g/mol. The molecule has 3 aliphatic rings. The van der Waals surface area contributed by atoms with Crippen LogP contribution in [0.1, 0.15) is 37.3 Å². The zero-order valence-electron chi connectivity index (χ0n) is 25.9. The fourth-order valence-corrected chi connectivity index (χ4v) is 7.05. The summed E-state index contributed by atoms with van der Waals surface area (Å²) in [7, 11) is -0.266. The van der Waals surface area contributed by atoms with Gasteiger partial charge in [-0.2, -0.15) is 9.35 Å². The fourth-order valence-electron chi connectivity index (χ4n) is 6.50. The predicted octanol–water partition coefficient (Wildman–Crippen LogP) is 5.29. The number of piperazine rings is 1. The van der Waals surface area contributed by atoms with Crippen LogP contribution in [0.2, 0.25) is 0 Å². The molecular formula is C32H39F2N9OS. The van der Waals surface area contributed by atoms with Crippen LogP contribution in [-0.2, 0) is 9.73 Å². The van der Waals surface area contributed by atoms with Gasteiger partial charge in [-0.15, -0.1) is 0 Å². The molecule has 7 rings (SSSR count). The van der Waals surface area contributed by atoms with Gasteiger partial charge in [0.1, 0.15) is 11.6 Å². The molecule has 3 aromatic heterocycles. The van der Waals surface area contributed by atoms with E-state index >= 15 is 8.78 Å². The maximum absolute atomic E-state index is 15.7. The van der Waals surface area contributed by atoms with Gasteiger partial charge in [0.2, 0.25) is 5.95 Å². The Morgan fingerprint density at radius 1 is 0.956 bits per heavy atom. The van der Waals surface area contributed by atoms with Gasteiger partial charge >= 0.3 is 0 Å². The van der Waals surface area contributed by atoms with Gasteiger partial charge in [0, 0.05) is 85.4 Å². The van der Waals surface area contributed by atoms with Gasteiger partial charge in [0.25, 0.3) is 0 Å². The Balaban J connectivity index is 1.12. The standard InChI is InChI=1S/C32H39F2N9OS/c1-40-15-17-41(18-16-40)23-11-13-42(14-12-23)26-10-9-22(19-25(26)33)36-32-35-20-24-29(34)30(21-7-8-21)43(31(24)38-32)28-6-4-5-27(37-28)39-45(2,3)44/h4-6,9-10,19-21,23H,7-8,11-18H2,1-3H3,(H,35,36,38). The van der Waals surface area contributed by atoms with Crippen molar-refractivity contribution in [1.29, 1.82) is 0 Å². The Hall–Kier alpha value is -3.68. The van der Waals surface area contributed by atoms with E-state index in [1.807, 2.05) is 6.07 Å². The zero-order chi connectivity index (χ0) is 31.3. The molecule has 5 heterocycles. The first-order chi connectivity index (χ1) is 21.6. The second kappa shape index (κ2) is 11.9. The molecule has 1 saturated carbocycles. The lowest BCUT2D eigenvalue weighted by Crippen LogP contribution is -2.52. The highest BCUT2D eigenvalue weighted by atomic mass is 32.2. The average Bonchev–Trinajstić information content (AvgIpc) is 3.80. The SMILES string of the molecule is CN1CCN(C2CCN(c3ccc(Nc4ncc5c(F)c(C6CC6)n(-c6cccc(N=S(C)(C)=O)n6)c5n4)cc3F)CC2)CC1. The van der Waals surface area contributed by atoms with Crippen molar-refractivity contribution in [2.75, 3.05) is 69.0 Å². The van der Waals surface area contributed by atoms with Crippen LogP contribution < -0.4 is 10.2 Å². The third-order valence-corrected chi connectivity index (χ3v) is 9.60. The largest absolute Gasteiger partial charge is 0.369 e. The van der Waals surface area contributed by atoms with Crippen molar-refractivity contribution in [2.45, 2.75) is 37.6 Å². The number of anilines is 3. The van der Waals surface area contributed by atoms with E-state index in [9.17, 15) is 4.21 Å². The van der Waals surface area contributed by atoms with Crippen molar-refractivity contribution in [3.05, 3.63) is 59.9 Å². The molecule has 2 saturated heterocycles. The molecule has 0 amide bonds. The molecule has 238 valence electrons. The van der Waals surface area contributed by atoms with E-state index in [4.69, 9.17) is 0 Å². The van der Waals surface area contributed by atoms with Gasteiger partial charge in [-0.1, -0.05) is 6.07 Å². The number of piperidine rings is 1. The Labute approximate surface area is 262 Å². The molecule has 13 heteroatoms. The quantitative estimate of drug-likeness (QED) is 0.293. The molecule has 1 aliphatic carbocycles. The second-order valence-corrected chi connectivity index (χ2v) is 15.3. The minimum absolute atomic E-state index is 0.0489. The molecule has 0 unspecified atom stereocenters. The van der Waals surface area contributed by atoms with E-state index in [0.29, 0.717) is 40.4 Å². The number of hydrogen-bond acceptors (Lipinski definition) is 9. The lowest BCUT2D eigenvalue weighted by atomic mass is 10.0. The number of nitrogens with one attached hydrogen (secondary N) is 1. The number of rotatable bonds is 7. The zero-order valence-corrected chi connectivity index (χ0v) is 26.7. The number of nitrogens with zero attached hydrogens (tertiary/aromatic N) is 8. The first-order valence-electron chi connectivity index (χ1n) is 15.6. The number of aromatic nitrogens is 4. The topological polar surface area (TPSA) is 94.8 Å². The summed E-state index contributed by atoms with van der Waals surface area (Å²) in [5.41, 5.74) is 1.95. The number of fused-ring (bicyclic) bond motifs is 1. The van der Waals surface area contributed by atoms with Crippen LogP contribution in [0.3, 0.4) is 0 Å². The molecule has 1 aromatic carbocycles. The number of likely N-dealkylation sites (N-methyl/N-ethyl adjacent to an activating group) is 1. The molecular weight excluding hydrogens is 596 g/mol. The molecule has 4 aromatic rings. The van der Waals surface area contributed by atoms with Crippen molar-refractivity contribution in [3.63, 3.8) is 0 Å². The maximum atomic E-state index is 15.7. The molecule has 3 fully saturated rings. The molecule has 1 N–H and O–H groups in total. The highest BCUT2D eigenvalue weighted by molar-refractivity contribution is 7.92. The van der Waals surface area contributed by atoms with Crippen LogP contribution in [0.5, 0.6) is 0 Å². The van der Waals surface area contributed by atoms with Crippen molar-refractivity contribution < 1.29 is 13.0 Å². The van der Waals surface area contributed by atoms with E-state index in [2.05, 4.69) is 46.4 Å². The normalized spacial score (nSPS) is 18.9. The smallest absolute Gasteiger partial charge is 0.229 e. The number of hydrogen-bond donors (Lipinski definition) is 1. The van der Waals surface area contributed by atoms with E-state index in [0.717, 1.165) is 65.0 Å². The van der Waals surface area contributed by atoms with E-state index < -0.39 is 9.73 Å². The van der Waals surface area contributed by atoms with E-state index in [1.54, 1.807) is 41.3 Å². The first-order valence-corrected chi connectivity index (χ1v) is 17.9. The van der Waals surface area contributed by atoms with E-state index in [-0.39, 0.29) is 28.9 Å². The van der Waals surface area contributed by atoms with Gasteiger partial charge in [-0.05, 0) is 63.1 Å². The Bertz CT molecular complexity index is 1840. The minimum atomic E-state index is -2.44. The van der Waals surface area contributed by atoms with Crippen molar-refractivity contribution in [2.24, 2.45) is 4.36 Å². The lowest BCUT2D eigenvalue weighted by Gasteiger charge is -2.42. The lowest BCUT2D eigenvalue weighted by molar-refractivity contribution is 0.0981. The molecule has 0 spiro atoms. The molecule has 45 heavy (non-hydrogen) atoms. The van der Waals surface area contributed by atoms with E-state index in [1.165, 1.54) is 12.3 Å². The summed E-state index contributed by atoms with van der Waals surface area (Å²) in [5.74, 6) is 0.329. The summed E-state index contributed by atoms with van der Waals surface area (Å²) in [6.07, 6.45) is 8.32. The third kappa shape index (κ3) is 6.38. The van der Waals surface area contributed by atoms with Gasteiger partial charge < -0.3 is 15.1 Å². The van der Waals surface area contributed by atoms with Crippen LogP contribution in [0.25, 0.3) is 16.9 Å². The van der Waals surface area contributed by atoms with Crippen molar-refractivity contribution >= 4 is 43.9 Å². The number of halogens is 2. The predicted molar refractivity (Wildman–Crippen MR) is 175 cm³/mol. The van der Waals surface area contributed by atoms with Crippen molar-refractivity contribution in [1.82, 2.24) is 29.3 Å². The summed E-state index contributed by atoms with van der Waals surface area (Å²) in [6.45, 7) is 6.05. The first kappa shape index (κ1) is 30.0. The van der Waals surface area contributed by atoms with Gasteiger partial charge in [-0.3, -0.25) is 9.47 Å². The van der Waals surface area contributed by atoms with Crippen molar-refractivity contribution in [3.8, 4) is 5.82 Å². The molecule has 0 bridgehead atoms. The molecule has 0 atom stereocenters. The highest BCUT2D eigenvalue weighted by Crippen LogP contribution is 2.45. The van der Waals surface area contributed by atoms with Crippen LogP contribution in [0, 0.1) is 11.6 Å². The summed E-state index contributed by atoms with van der Waals surface area (Å²) in [5, 5.41) is 3.39. The number of pyridine rings is 1. The Morgan fingerprint density at radius 2 is 1.71 bits per heavy atom. The summed E-state index contributed by atoms with van der Waals surface area (Å²) in [6, 6.07) is 10.8. The summed E-state index contributed by atoms with van der Waals surface area (Å²) >= 11 is 0. The average molecular weight is 636 g/mol. The number of benzene rings is 1. The molecule has 2 aliphatic heterocycles. The Morgan fingerprint density at radius 3 is 2.40 bits per heavy atom. The van der Waals surface area contributed by atoms with Crippen LogP contribution >= 0.6 is 0 Å². The molecule has 10 nitrogen and oxygen atoms in total. The fraction of sp³-hybridized carbons (Fsp3) is 0.469. The summed E-state index contributed by atoms with van der Waals surface area (Å²) < 4.78 is 49.4. The van der Waals surface area contributed by atoms with Gasteiger partial charge in [0.15, 0.2) is 17.3 Å². The van der Waals surface area contributed by atoms with Gasteiger partial charge in [0.05, 0.1) is 16.8 Å². The van der Waals surface area contributed by atoms with Crippen LogP contribution in [0.4, 0.5) is 31.9 Å². The second-order valence-electron chi connectivity index (χ2n) is 12.7.